The minimum Gasteiger partial charge on any atom is -0.507 e. The number of ketones is 1. The topological polar surface area (TPSA) is 118 Å². The summed E-state index contributed by atoms with van der Waals surface area (Å²) in [6.45, 7) is 0. The Balaban J connectivity index is 1.64. The van der Waals surface area contributed by atoms with Crippen LogP contribution in [0, 0.1) is 0 Å². The molecule has 9 heteroatoms. The summed E-state index contributed by atoms with van der Waals surface area (Å²) in [5.74, 6) is -1.79. The van der Waals surface area contributed by atoms with Crippen molar-refractivity contribution in [1.29, 1.82) is 0 Å². The second kappa shape index (κ2) is 8.50. The van der Waals surface area contributed by atoms with Crippen molar-refractivity contribution >= 4 is 44.5 Å². The van der Waals surface area contributed by atoms with E-state index in [9.17, 15) is 23.1 Å². The smallest absolute Gasteiger partial charge is 0.300 e. The number of sulfonamides is 1. The maximum atomic E-state index is 13.2. The van der Waals surface area contributed by atoms with E-state index >= 15 is 0 Å². The second-order valence-electron chi connectivity index (χ2n) is 8.41. The summed E-state index contributed by atoms with van der Waals surface area (Å²) in [4.78, 5) is 28.3. The number of aliphatic hydroxyl groups excluding tert-OH is 1. The zero-order valence-electron chi connectivity index (χ0n) is 18.1. The van der Waals surface area contributed by atoms with Gasteiger partial charge in [0, 0.05) is 16.1 Å². The standard InChI is InChI=1S/C25H22N2O5S2/c26-34(31,32)19-11-9-18(10-12-19)27-22(20-6-3-13-33-20)21(24(29)25(27)30)23(28)17-8-7-15-4-1-2-5-16(15)14-17/h3,6-14,22,28H,1-2,4-5H2,(H2,26,31,32)/b23-21-. The number of fused-ring (bicyclic) bond motifs is 1. The number of carbonyl (C=O) groups excluding carboxylic acids is 2. The van der Waals surface area contributed by atoms with Crippen LogP contribution in [0.5, 0.6) is 0 Å². The maximum absolute atomic E-state index is 13.2. The van der Waals surface area contributed by atoms with E-state index in [1.54, 1.807) is 12.1 Å². The molecule has 3 N–H and O–H groups in total. The van der Waals surface area contributed by atoms with Crippen molar-refractivity contribution in [3.05, 3.63) is 87.1 Å². The van der Waals surface area contributed by atoms with E-state index in [1.807, 2.05) is 23.6 Å². The molecule has 2 heterocycles. The number of primary sulfonamides is 1. The summed E-state index contributed by atoms with van der Waals surface area (Å²) in [7, 11) is -3.91. The Kier molecular flexibility index (Phi) is 5.63. The van der Waals surface area contributed by atoms with Crippen LogP contribution in [0.3, 0.4) is 0 Å². The van der Waals surface area contributed by atoms with Gasteiger partial charge in [0.15, 0.2) is 0 Å². The Morgan fingerprint density at radius 2 is 1.71 bits per heavy atom. The average Bonchev–Trinajstić information content (AvgIpc) is 3.45. The molecule has 0 radical (unpaired) electrons. The number of hydrogen-bond donors (Lipinski definition) is 2. The van der Waals surface area contributed by atoms with Gasteiger partial charge in [-0.2, -0.15) is 0 Å². The van der Waals surface area contributed by atoms with Gasteiger partial charge in [0.05, 0.1) is 10.5 Å². The Morgan fingerprint density at radius 1 is 1.00 bits per heavy atom. The van der Waals surface area contributed by atoms with Crippen molar-refractivity contribution in [2.24, 2.45) is 5.14 Å². The minimum atomic E-state index is -3.91. The molecule has 1 fully saturated rings. The zero-order chi connectivity index (χ0) is 24.0. The number of anilines is 1. The summed E-state index contributed by atoms with van der Waals surface area (Å²) in [6, 6.07) is 13.9. The molecule has 174 valence electrons. The van der Waals surface area contributed by atoms with Gasteiger partial charge in [0.2, 0.25) is 10.0 Å². The maximum Gasteiger partial charge on any atom is 0.300 e. The molecule has 1 atom stereocenters. The average molecular weight is 495 g/mol. The van der Waals surface area contributed by atoms with Crippen molar-refractivity contribution in [3.8, 4) is 0 Å². The number of Topliss-reactive ketones (excluding diaryl/α,β-unsaturated/α-hetero) is 1. The first-order valence-corrected chi connectivity index (χ1v) is 13.3. The summed E-state index contributed by atoms with van der Waals surface area (Å²) in [5, 5.41) is 18.3. The second-order valence-corrected chi connectivity index (χ2v) is 11.0. The SMILES string of the molecule is NS(=O)(=O)c1ccc(N2C(=O)C(=O)/C(=C(\O)c3ccc4c(c3)CCCC4)C2c2cccs2)cc1. The Hall–Kier alpha value is -3.27. The van der Waals surface area contributed by atoms with Crippen LogP contribution in [0.15, 0.2) is 70.4 Å². The van der Waals surface area contributed by atoms with Crippen LogP contribution in [0.1, 0.15) is 40.5 Å². The number of hydrogen-bond acceptors (Lipinski definition) is 6. The normalized spacial score (nSPS) is 19.9. The molecule has 1 saturated heterocycles. The molecule has 2 aromatic carbocycles. The van der Waals surface area contributed by atoms with Gasteiger partial charge in [-0.3, -0.25) is 14.5 Å². The fourth-order valence-electron chi connectivity index (χ4n) is 4.65. The molecule has 0 saturated carbocycles. The number of amides is 1. The lowest BCUT2D eigenvalue weighted by molar-refractivity contribution is -0.132. The van der Waals surface area contributed by atoms with Crippen LogP contribution in [-0.4, -0.2) is 25.2 Å². The predicted molar refractivity (Wildman–Crippen MR) is 130 cm³/mol. The third kappa shape index (κ3) is 3.85. The lowest BCUT2D eigenvalue weighted by Crippen LogP contribution is -2.29. The summed E-state index contributed by atoms with van der Waals surface area (Å²) in [6.07, 6.45) is 4.11. The van der Waals surface area contributed by atoms with Gasteiger partial charge in [-0.1, -0.05) is 18.2 Å². The van der Waals surface area contributed by atoms with E-state index in [0.29, 0.717) is 16.1 Å². The third-order valence-electron chi connectivity index (χ3n) is 6.32. The molecule has 0 bridgehead atoms. The molecule has 3 aromatic rings. The molecular weight excluding hydrogens is 472 g/mol. The quantitative estimate of drug-likeness (QED) is 0.324. The Bertz CT molecular complexity index is 1420. The van der Waals surface area contributed by atoms with Gasteiger partial charge in [-0.15, -0.1) is 11.3 Å². The fourth-order valence-corrected chi connectivity index (χ4v) is 5.99. The number of nitrogens with zero attached hydrogens (tertiary/aromatic N) is 1. The van der Waals surface area contributed by atoms with Crippen molar-refractivity contribution in [2.45, 2.75) is 36.6 Å². The first kappa shape index (κ1) is 22.5. The van der Waals surface area contributed by atoms with E-state index in [0.717, 1.165) is 31.2 Å². The summed E-state index contributed by atoms with van der Waals surface area (Å²) >= 11 is 1.36. The van der Waals surface area contributed by atoms with Crippen molar-refractivity contribution in [3.63, 3.8) is 0 Å². The molecule has 1 aliphatic carbocycles. The molecule has 1 unspecified atom stereocenters. The fraction of sp³-hybridized carbons (Fsp3) is 0.200. The first-order valence-electron chi connectivity index (χ1n) is 10.8. The van der Waals surface area contributed by atoms with E-state index in [-0.39, 0.29) is 16.2 Å². The van der Waals surface area contributed by atoms with Crippen LogP contribution in [0.4, 0.5) is 5.69 Å². The van der Waals surface area contributed by atoms with Gasteiger partial charge >= 0.3 is 0 Å². The Morgan fingerprint density at radius 3 is 2.35 bits per heavy atom. The van der Waals surface area contributed by atoms with Crippen LogP contribution < -0.4 is 10.0 Å². The lowest BCUT2D eigenvalue weighted by atomic mass is 9.89. The monoisotopic (exact) mass is 494 g/mol. The third-order valence-corrected chi connectivity index (χ3v) is 8.18. The van der Waals surface area contributed by atoms with E-state index in [4.69, 9.17) is 5.14 Å². The van der Waals surface area contributed by atoms with Gasteiger partial charge in [-0.05, 0) is 78.6 Å². The highest BCUT2D eigenvalue weighted by Crippen LogP contribution is 2.44. The lowest BCUT2D eigenvalue weighted by Gasteiger charge is -2.24. The molecule has 5 rings (SSSR count). The molecule has 7 nitrogen and oxygen atoms in total. The van der Waals surface area contributed by atoms with Gasteiger partial charge in [0.25, 0.3) is 11.7 Å². The highest BCUT2D eigenvalue weighted by Gasteiger charge is 2.47. The molecule has 1 amide bonds. The summed E-state index contributed by atoms with van der Waals surface area (Å²) in [5.41, 5.74) is 3.24. The highest BCUT2D eigenvalue weighted by molar-refractivity contribution is 7.89. The molecular formula is C25H22N2O5S2. The number of thiophene rings is 1. The largest absolute Gasteiger partial charge is 0.507 e. The van der Waals surface area contributed by atoms with Crippen LogP contribution in [0.2, 0.25) is 0 Å². The predicted octanol–water partition coefficient (Wildman–Crippen LogP) is 3.90. The van der Waals surface area contributed by atoms with Crippen molar-refractivity contribution < 1.29 is 23.1 Å². The van der Waals surface area contributed by atoms with Gasteiger partial charge in [0.1, 0.15) is 11.8 Å². The molecule has 1 aliphatic heterocycles. The van der Waals surface area contributed by atoms with E-state index in [2.05, 4.69) is 0 Å². The van der Waals surface area contributed by atoms with Gasteiger partial charge < -0.3 is 5.11 Å². The minimum absolute atomic E-state index is 0.0127. The van der Waals surface area contributed by atoms with Gasteiger partial charge in [-0.25, -0.2) is 13.6 Å². The van der Waals surface area contributed by atoms with Crippen molar-refractivity contribution in [1.82, 2.24) is 0 Å². The number of carbonyl (C=O) groups is 2. The number of aliphatic hydroxyl groups is 1. The van der Waals surface area contributed by atoms with E-state index < -0.39 is 27.8 Å². The summed E-state index contributed by atoms with van der Waals surface area (Å²) < 4.78 is 23.3. The Labute approximate surface area is 201 Å². The van der Waals surface area contributed by atoms with Crippen LogP contribution in [0.25, 0.3) is 5.76 Å². The zero-order valence-corrected chi connectivity index (χ0v) is 19.7. The van der Waals surface area contributed by atoms with Crippen molar-refractivity contribution in [2.75, 3.05) is 4.90 Å². The van der Waals surface area contributed by atoms with E-state index in [1.165, 1.54) is 46.1 Å². The number of rotatable bonds is 4. The molecule has 34 heavy (non-hydrogen) atoms. The molecule has 1 aromatic heterocycles. The number of aryl methyl sites for hydroxylation is 2. The van der Waals surface area contributed by atoms with Crippen LogP contribution in [-0.2, 0) is 32.5 Å². The number of benzene rings is 2. The number of nitrogens with two attached hydrogens (primary N) is 1. The molecule has 0 spiro atoms. The first-order chi connectivity index (χ1) is 16.3. The highest BCUT2D eigenvalue weighted by atomic mass is 32.2. The van der Waals surface area contributed by atoms with Crippen LogP contribution >= 0.6 is 11.3 Å². The molecule has 2 aliphatic rings.